The number of benzene rings is 1. The fraction of sp³-hybridized carbons (Fsp3) is 0.500. The van der Waals surface area contributed by atoms with E-state index in [9.17, 15) is 4.79 Å². The van der Waals surface area contributed by atoms with Crippen LogP contribution in [0, 0.1) is 0 Å². The van der Waals surface area contributed by atoms with Crippen LogP contribution in [-0.4, -0.2) is 43.8 Å². The van der Waals surface area contributed by atoms with Crippen LogP contribution in [0.5, 0.6) is 0 Å². The average molecular weight is 477 g/mol. The summed E-state index contributed by atoms with van der Waals surface area (Å²) in [6.07, 6.45) is 2.90. The van der Waals surface area contributed by atoms with Crippen molar-refractivity contribution in [3.8, 4) is 11.5 Å². The van der Waals surface area contributed by atoms with Gasteiger partial charge in [-0.3, -0.25) is 4.79 Å². The Balaban J connectivity index is 1.56. The summed E-state index contributed by atoms with van der Waals surface area (Å²) in [7, 11) is 1.39. The average Bonchev–Trinajstić information content (AvgIpc) is 3.04. The number of nitrogens with one attached hydrogen (secondary N) is 1. The van der Waals surface area contributed by atoms with E-state index in [0.717, 1.165) is 48.4 Å². The zero-order valence-electron chi connectivity index (χ0n) is 21.9. The van der Waals surface area contributed by atoms with Crippen LogP contribution in [-0.2, 0) is 29.3 Å². The summed E-state index contributed by atoms with van der Waals surface area (Å²) in [6, 6.07) is 11.4. The third kappa shape index (κ3) is 4.93. The maximum absolute atomic E-state index is 13.4. The minimum atomic E-state index is -0.526. The Bertz CT molecular complexity index is 1200. The first kappa shape index (κ1) is 25.2. The van der Waals surface area contributed by atoms with Gasteiger partial charge in [-0.15, -0.1) is 5.10 Å². The quantitative estimate of drug-likeness (QED) is 0.492. The normalized spacial score (nSPS) is 16.6. The highest BCUT2D eigenvalue weighted by Crippen LogP contribution is 2.36. The lowest BCUT2D eigenvalue weighted by Crippen LogP contribution is -2.41. The van der Waals surface area contributed by atoms with Crippen molar-refractivity contribution in [3.63, 3.8) is 0 Å². The fourth-order valence-corrected chi connectivity index (χ4v) is 4.14. The zero-order valence-corrected chi connectivity index (χ0v) is 21.9. The minimum Gasteiger partial charge on any atom is -0.399 e. The van der Waals surface area contributed by atoms with Crippen LogP contribution in [0.15, 0.2) is 36.4 Å². The Morgan fingerprint density at radius 2 is 1.80 bits per heavy atom. The Kier molecular flexibility index (Phi) is 6.93. The maximum Gasteiger partial charge on any atom is 0.494 e. The van der Waals surface area contributed by atoms with Gasteiger partial charge in [0.2, 0.25) is 0 Å². The fourth-order valence-electron chi connectivity index (χ4n) is 4.14. The summed E-state index contributed by atoms with van der Waals surface area (Å²) in [6.45, 7) is 13.2. The summed E-state index contributed by atoms with van der Waals surface area (Å²) in [5.41, 5.74) is 2.21. The van der Waals surface area contributed by atoms with Crippen molar-refractivity contribution in [2.75, 3.05) is 5.32 Å². The van der Waals surface area contributed by atoms with Crippen LogP contribution < -0.4 is 10.8 Å². The number of rotatable bonds is 8. The predicted octanol–water partition coefficient (Wildman–Crippen LogP) is 4.20. The number of carbonyl (C=O) groups excluding carboxylic acids is 1. The number of nitrogens with zero attached hydrogens (tertiary/aromatic N) is 4. The van der Waals surface area contributed by atoms with Crippen molar-refractivity contribution < 1.29 is 14.1 Å². The molecule has 0 atom stereocenters. The molecule has 0 radical (unpaired) electrons. The molecule has 0 spiro atoms. The predicted molar refractivity (Wildman–Crippen MR) is 139 cm³/mol. The summed E-state index contributed by atoms with van der Waals surface area (Å²) in [5.74, 6) is 1.10. The Morgan fingerprint density at radius 1 is 1.09 bits per heavy atom. The molecular formula is C26H36BN5O3. The molecule has 3 heterocycles. The van der Waals surface area contributed by atoms with E-state index in [1.165, 1.54) is 0 Å². The largest absolute Gasteiger partial charge is 0.494 e. The van der Waals surface area contributed by atoms with E-state index in [1.807, 2.05) is 76.8 Å². The van der Waals surface area contributed by atoms with Gasteiger partial charge in [0.15, 0.2) is 5.82 Å². The zero-order chi connectivity index (χ0) is 25.4. The van der Waals surface area contributed by atoms with E-state index in [1.54, 1.807) is 6.07 Å². The molecule has 4 rings (SSSR count). The molecule has 1 N–H and O–H groups in total. The lowest BCUT2D eigenvalue weighted by atomic mass is 9.77. The first-order chi connectivity index (χ1) is 16.6. The molecule has 0 bridgehead atoms. The van der Waals surface area contributed by atoms with Gasteiger partial charge in [-0.05, 0) is 69.8 Å². The summed E-state index contributed by atoms with van der Waals surface area (Å²) < 4.78 is 14.5. The molecule has 1 aliphatic rings. The number of amides is 1. The second-order valence-electron chi connectivity index (χ2n) is 10.1. The lowest BCUT2D eigenvalue weighted by Gasteiger charge is -2.32. The number of carbonyl (C=O) groups is 1. The first-order valence-electron chi connectivity index (χ1n) is 12.4. The van der Waals surface area contributed by atoms with E-state index in [-0.39, 0.29) is 5.91 Å². The molecule has 1 saturated heterocycles. The van der Waals surface area contributed by atoms with Gasteiger partial charge in [0.05, 0.1) is 11.2 Å². The van der Waals surface area contributed by atoms with Crippen LogP contribution in [0.25, 0.3) is 11.5 Å². The molecule has 1 amide bonds. The van der Waals surface area contributed by atoms with Crippen LogP contribution in [0.3, 0.4) is 0 Å². The topological polar surface area (TPSA) is 83.2 Å². The van der Waals surface area contributed by atoms with Crippen molar-refractivity contribution in [1.29, 1.82) is 0 Å². The molecule has 1 fully saturated rings. The summed E-state index contributed by atoms with van der Waals surface area (Å²) in [5, 5.41) is 7.46. The molecule has 1 aliphatic heterocycles. The molecule has 8 nitrogen and oxygen atoms in total. The summed E-state index contributed by atoms with van der Waals surface area (Å²) in [4.78, 5) is 19.8. The number of hydrogen-bond donors (Lipinski definition) is 1. The first-order valence-corrected chi connectivity index (χ1v) is 12.4. The number of hydrogen-bond acceptors (Lipinski definition) is 5. The maximum atomic E-state index is 13.4. The monoisotopic (exact) mass is 477 g/mol. The molecule has 0 unspecified atom stereocenters. The number of aryl methyl sites for hydroxylation is 2. The molecule has 3 aromatic rings. The smallest absolute Gasteiger partial charge is 0.399 e. The Morgan fingerprint density at radius 3 is 2.43 bits per heavy atom. The lowest BCUT2D eigenvalue weighted by molar-refractivity contribution is 0.00578. The third-order valence-electron chi connectivity index (χ3n) is 7.06. The van der Waals surface area contributed by atoms with Crippen LogP contribution in [0.2, 0.25) is 0 Å². The van der Waals surface area contributed by atoms with Crippen LogP contribution >= 0.6 is 0 Å². The van der Waals surface area contributed by atoms with E-state index in [2.05, 4.69) is 27.0 Å². The molecule has 0 saturated carbocycles. The highest BCUT2D eigenvalue weighted by atomic mass is 16.7. The van der Waals surface area contributed by atoms with Gasteiger partial charge in [0, 0.05) is 19.2 Å². The van der Waals surface area contributed by atoms with Gasteiger partial charge in [-0.1, -0.05) is 38.5 Å². The highest BCUT2D eigenvalue weighted by molar-refractivity contribution is 6.62. The van der Waals surface area contributed by atoms with E-state index < -0.39 is 18.3 Å². The highest BCUT2D eigenvalue weighted by Gasteiger charge is 2.51. The van der Waals surface area contributed by atoms with Crippen molar-refractivity contribution in [1.82, 2.24) is 19.6 Å². The van der Waals surface area contributed by atoms with Crippen LogP contribution in [0.1, 0.15) is 70.3 Å². The van der Waals surface area contributed by atoms with Crippen molar-refractivity contribution in [2.24, 2.45) is 7.05 Å². The molecule has 1 aromatic carbocycles. The second-order valence-corrected chi connectivity index (χ2v) is 10.1. The van der Waals surface area contributed by atoms with Crippen LogP contribution in [0.4, 0.5) is 5.82 Å². The van der Waals surface area contributed by atoms with E-state index in [0.29, 0.717) is 11.4 Å². The van der Waals surface area contributed by atoms with Gasteiger partial charge in [0.25, 0.3) is 5.91 Å². The molecule has 186 valence electrons. The SMILES string of the molecule is CCCCn1c(-c2cccc(NC(=O)c3cc(B4OC(C)(C)C(C)(C)O4)ccc3CC)n2)nn1C. The van der Waals surface area contributed by atoms with Crippen molar-refractivity contribution in [2.45, 2.75) is 78.6 Å². The Labute approximate surface area is 208 Å². The molecule has 2 aromatic heterocycles. The number of unbranched alkanes of at least 4 members (excludes halogenated alkanes) is 1. The Hall–Kier alpha value is -2.91. The molecular weight excluding hydrogens is 441 g/mol. The van der Waals surface area contributed by atoms with Gasteiger partial charge in [-0.2, -0.15) is 0 Å². The van der Waals surface area contributed by atoms with Gasteiger partial charge in [-0.25, -0.2) is 14.5 Å². The molecule has 35 heavy (non-hydrogen) atoms. The standard InChI is InChI=1S/C26H36BN5O3/c1-8-10-16-32-23(30-31(32)7)21-12-11-13-22(28-21)29-24(33)20-17-19(15-14-18(20)9-2)27-34-25(3,4)26(5,6)35-27/h11-15,17H,8-10,16H2,1-7H3,(H,28,29,33). The van der Waals surface area contributed by atoms with Gasteiger partial charge < -0.3 is 14.6 Å². The molecule has 0 aliphatic carbocycles. The molecule has 9 heteroatoms. The number of aromatic nitrogens is 4. The van der Waals surface area contributed by atoms with E-state index >= 15 is 0 Å². The van der Waals surface area contributed by atoms with E-state index in [4.69, 9.17) is 9.31 Å². The number of anilines is 1. The second kappa shape index (κ2) is 9.62. The van der Waals surface area contributed by atoms with Crippen molar-refractivity contribution in [3.05, 3.63) is 47.5 Å². The number of pyridine rings is 1. The van der Waals surface area contributed by atoms with Crippen molar-refractivity contribution >= 4 is 24.3 Å². The minimum absolute atomic E-state index is 0.208. The van der Waals surface area contributed by atoms with Gasteiger partial charge in [0.1, 0.15) is 11.5 Å². The summed E-state index contributed by atoms with van der Waals surface area (Å²) >= 11 is 0. The van der Waals surface area contributed by atoms with Gasteiger partial charge >= 0.3 is 7.12 Å². The third-order valence-corrected chi connectivity index (χ3v) is 7.06.